The van der Waals surface area contributed by atoms with Crippen LogP contribution in [0.25, 0.3) is 0 Å². The van der Waals surface area contributed by atoms with Crippen molar-refractivity contribution in [2.24, 2.45) is 5.92 Å². The molecule has 4 nitrogen and oxygen atoms in total. The smallest absolute Gasteiger partial charge is 0.356 e. The molecule has 0 aromatic carbocycles. The van der Waals surface area contributed by atoms with Crippen molar-refractivity contribution in [2.45, 2.75) is 12.8 Å². The molecule has 2 rings (SSSR count). The van der Waals surface area contributed by atoms with Crippen molar-refractivity contribution in [3.63, 3.8) is 0 Å². The summed E-state index contributed by atoms with van der Waals surface area (Å²) in [6.45, 7) is 2.65. The number of ether oxygens (including phenoxy) is 1. The lowest BCUT2D eigenvalue weighted by Gasteiger charge is -2.29. The van der Waals surface area contributed by atoms with Gasteiger partial charge in [0.15, 0.2) is 0 Å². The van der Waals surface area contributed by atoms with Gasteiger partial charge >= 0.3 is 5.97 Å². The molecule has 1 saturated heterocycles. The molecular formula is C13H18N2O2. The number of nitrogens with zero attached hydrogens (tertiary/aromatic N) is 2. The van der Waals surface area contributed by atoms with Gasteiger partial charge in [-0.15, -0.1) is 0 Å². The molecule has 1 aliphatic heterocycles. The molecular weight excluding hydrogens is 216 g/mol. The fourth-order valence-electron chi connectivity index (χ4n) is 2.16. The Labute approximate surface area is 102 Å². The van der Waals surface area contributed by atoms with E-state index in [0.717, 1.165) is 19.5 Å². The second-order valence-corrected chi connectivity index (χ2v) is 4.58. The molecule has 1 aromatic heterocycles. The van der Waals surface area contributed by atoms with Gasteiger partial charge in [-0.2, -0.15) is 0 Å². The fourth-order valence-corrected chi connectivity index (χ4v) is 2.16. The van der Waals surface area contributed by atoms with Gasteiger partial charge in [-0.3, -0.25) is 0 Å². The van der Waals surface area contributed by atoms with Gasteiger partial charge in [0.1, 0.15) is 5.69 Å². The number of pyridine rings is 1. The lowest BCUT2D eigenvalue weighted by Crippen LogP contribution is -2.34. The Hall–Kier alpha value is -1.42. The van der Waals surface area contributed by atoms with Crippen LogP contribution in [0, 0.1) is 5.92 Å². The zero-order valence-corrected chi connectivity index (χ0v) is 10.1. The lowest BCUT2D eigenvalue weighted by atomic mass is 10.00. The van der Waals surface area contributed by atoms with Gasteiger partial charge in [0.2, 0.25) is 0 Å². The standard InChI is InChI=1S/C13H18N2O2/c1-15-8-4-5-11(9-15)10-17-13(16)12-6-2-3-7-14-12/h2-3,6-7,11H,4-5,8-10H2,1H3/t11-/m1/s1. The topological polar surface area (TPSA) is 42.4 Å². The molecule has 1 aromatic rings. The van der Waals surface area contributed by atoms with Gasteiger partial charge in [0, 0.05) is 18.7 Å². The zero-order valence-electron chi connectivity index (χ0n) is 10.1. The number of hydrogen-bond acceptors (Lipinski definition) is 4. The first-order valence-electron chi connectivity index (χ1n) is 6.02. The number of piperidine rings is 1. The van der Waals surface area contributed by atoms with Gasteiger partial charge in [-0.1, -0.05) is 6.07 Å². The van der Waals surface area contributed by atoms with Crippen molar-refractivity contribution in [3.8, 4) is 0 Å². The second-order valence-electron chi connectivity index (χ2n) is 4.58. The van der Waals surface area contributed by atoms with Crippen LogP contribution >= 0.6 is 0 Å². The molecule has 1 atom stereocenters. The quantitative estimate of drug-likeness (QED) is 0.745. The summed E-state index contributed by atoms with van der Waals surface area (Å²) in [6.07, 6.45) is 3.92. The first-order valence-corrected chi connectivity index (χ1v) is 6.02. The summed E-state index contributed by atoms with van der Waals surface area (Å²) in [6, 6.07) is 5.25. The van der Waals surface area contributed by atoms with Crippen LogP contribution in [0.3, 0.4) is 0 Å². The van der Waals surface area contributed by atoms with E-state index < -0.39 is 0 Å². The minimum Gasteiger partial charge on any atom is -0.461 e. The summed E-state index contributed by atoms with van der Waals surface area (Å²) in [5.74, 6) is 0.139. The van der Waals surface area contributed by atoms with E-state index in [2.05, 4.69) is 16.9 Å². The number of esters is 1. The Kier molecular flexibility index (Phi) is 4.09. The van der Waals surface area contributed by atoms with Crippen molar-refractivity contribution in [1.82, 2.24) is 9.88 Å². The Morgan fingerprint density at radius 3 is 3.18 bits per heavy atom. The average molecular weight is 234 g/mol. The van der Waals surface area contributed by atoms with E-state index in [-0.39, 0.29) is 5.97 Å². The van der Waals surface area contributed by atoms with Crippen LogP contribution < -0.4 is 0 Å². The van der Waals surface area contributed by atoms with Crippen LogP contribution in [0.1, 0.15) is 23.3 Å². The molecule has 0 N–H and O–H groups in total. The Morgan fingerprint density at radius 1 is 1.59 bits per heavy atom. The maximum atomic E-state index is 11.7. The molecule has 1 aliphatic rings. The van der Waals surface area contributed by atoms with Gasteiger partial charge in [-0.25, -0.2) is 9.78 Å². The zero-order chi connectivity index (χ0) is 12.1. The summed E-state index contributed by atoms with van der Waals surface area (Å²) in [4.78, 5) is 17.9. The van der Waals surface area contributed by atoms with Crippen LogP contribution in [0.2, 0.25) is 0 Å². The molecule has 0 bridgehead atoms. The fraction of sp³-hybridized carbons (Fsp3) is 0.538. The maximum absolute atomic E-state index is 11.7. The van der Waals surface area contributed by atoms with E-state index in [0.29, 0.717) is 18.2 Å². The molecule has 0 unspecified atom stereocenters. The highest BCUT2D eigenvalue weighted by atomic mass is 16.5. The number of aromatic nitrogens is 1. The molecule has 0 radical (unpaired) electrons. The molecule has 0 spiro atoms. The molecule has 2 heterocycles. The highest BCUT2D eigenvalue weighted by Gasteiger charge is 2.19. The van der Waals surface area contributed by atoms with Crippen molar-refractivity contribution in [1.29, 1.82) is 0 Å². The number of likely N-dealkylation sites (tertiary alicyclic amines) is 1. The largest absolute Gasteiger partial charge is 0.461 e. The van der Waals surface area contributed by atoms with Gasteiger partial charge in [0.05, 0.1) is 6.61 Å². The number of carbonyl (C=O) groups is 1. The van der Waals surface area contributed by atoms with E-state index in [1.54, 1.807) is 24.4 Å². The molecule has 0 amide bonds. The Morgan fingerprint density at radius 2 is 2.47 bits per heavy atom. The minimum atomic E-state index is -0.321. The Bertz CT molecular complexity index is 367. The monoisotopic (exact) mass is 234 g/mol. The van der Waals surface area contributed by atoms with Crippen LogP contribution in [0.5, 0.6) is 0 Å². The molecule has 17 heavy (non-hydrogen) atoms. The molecule has 0 saturated carbocycles. The molecule has 92 valence electrons. The third-order valence-electron chi connectivity index (χ3n) is 3.05. The first-order chi connectivity index (χ1) is 8.25. The molecule has 4 heteroatoms. The van der Waals surface area contributed by atoms with E-state index in [4.69, 9.17) is 4.74 Å². The highest BCUT2D eigenvalue weighted by molar-refractivity contribution is 5.87. The molecule has 0 aliphatic carbocycles. The third kappa shape index (κ3) is 3.53. The van der Waals surface area contributed by atoms with Crippen LogP contribution in [-0.2, 0) is 4.74 Å². The Balaban J connectivity index is 1.80. The SMILES string of the molecule is CN1CCC[C@@H](COC(=O)c2ccccn2)C1. The third-order valence-corrected chi connectivity index (χ3v) is 3.05. The lowest BCUT2D eigenvalue weighted by molar-refractivity contribution is 0.0365. The first kappa shape index (κ1) is 12.0. The predicted molar refractivity (Wildman–Crippen MR) is 64.7 cm³/mol. The van der Waals surface area contributed by atoms with Gasteiger partial charge in [-0.05, 0) is 38.6 Å². The summed E-state index contributed by atoms with van der Waals surface area (Å²) in [5, 5.41) is 0. The summed E-state index contributed by atoms with van der Waals surface area (Å²) < 4.78 is 5.29. The van der Waals surface area contributed by atoms with E-state index in [9.17, 15) is 4.79 Å². The van der Waals surface area contributed by atoms with E-state index in [1.807, 2.05) is 0 Å². The normalized spacial score (nSPS) is 21.1. The summed E-state index contributed by atoms with van der Waals surface area (Å²) in [7, 11) is 2.10. The van der Waals surface area contributed by atoms with Crippen molar-refractivity contribution in [3.05, 3.63) is 30.1 Å². The van der Waals surface area contributed by atoms with Crippen LogP contribution in [-0.4, -0.2) is 42.6 Å². The second kappa shape index (κ2) is 5.77. The molecule has 1 fully saturated rings. The van der Waals surface area contributed by atoms with Crippen LogP contribution in [0.15, 0.2) is 24.4 Å². The number of hydrogen-bond donors (Lipinski definition) is 0. The number of carbonyl (C=O) groups excluding carboxylic acids is 1. The summed E-state index contributed by atoms with van der Waals surface area (Å²) in [5.41, 5.74) is 0.386. The predicted octanol–water partition coefficient (Wildman–Crippen LogP) is 1.58. The van der Waals surface area contributed by atoms with Crippen molar-refractivity contribution in [2.75, 3.05) is 26.7 Å². The van der Waals surface area contributed by atoms with Crippen molar-refractivity contribution >= 4 is 5.97 Å². The minimum absolute atomic E-state index is 0.321. The maximum Gasteiger partial charge on any atom is 0.356 e. The van der Waals surface area contributed by atoms with Gasteiger partial charge < -0.3 is 9.64 Å². The van der Waals surface area contributed by atoms with Gasteiger partial charge in [0.25, 0.3) is 0 Å². The highest BCUT2D eigenvalue weighted by Crippen LogP contribution is 2.15. The number of rotatable bonds is 3. The van der Waals surface area contributed by atoms with E-state index >= 15 is 0 Å². The van der Waals surface area contributed by atoms with Crippen LogP contribution in [0.4, 0.5) is 0 Å². The summed E-state index contributed by atoms with van der Waals surface area (Å²) >= 11 is 0. The average Bonchev–Trinajstić information content (AvgIpc) is 2.37. The van der Waals surface area contributed by atoms with Crippen molar-refractivity contribution < 1.29 is 9.53 Å². The van der Waals surface area contributed by atoms with E-state index in [1.165, 1.54) is 6.42 Å².